The number of carbonyl (C=O) groups excluding carboxylic acids is 2. The van der Waals surface area contributed by atoms with E-state index in [0.29, 0.717) is 14.8 Å². The van der Waals surface area contributed by atoms with Crippen LogP contribution in [0.4, 0.5) is 5.69 Å². The maximum Gasteiger partial charge on any atom is 0.339 e. The van der Waals surface area contributed by atoms with Gasteiger partial charge in [-0.25, -0.2) is 0 Å². The summed E-state index contributed by atoms with van der Waals surface area (Å²) in [6.07, 6.45) is 1.41. The monoisotopic (exact) mass is 678 g/mol. The van der Waals surface area contributed by atoms with Gasteiger partial charge in [-0.05, 0) is 71.5 Å². The lowest BCUT2D eigenvalue weighted by atomic mass is 10.2. The second-order valence-corrected chi connectivity index (χ2v) is 12.1. The third kappa shape index (κ3) is 7.58. The van der Waals surface area contributed by atoms with Gasteiger partial charge in [-0.2, -0.15) is 13.5 Å². The third-order valence-electron chi connectivity index (χ3n) is 5.31. The molecule has 1 unspecified atom stereocenters. The van der Waals surface area contributed by atoms with Crippen molar-refractivity contribution in [3.63, 3.8) is 0 Å². The molecule has 1 fully saturated rings. The number of amides is 2. The Kier molecular flexibility index (Phi) is 9.24. The van der Waals surface area contributed by atoms with Gasteiger partial charge in [0.25, 0.3) is 0 Å². The number of nitrogens with zero attached hydrogens (tertiary/aromatic N) is 2. The van der Waals surface area contributed by atoms with E-state index in [9.17, 15) is 18.0 Å². The number of carbonyl (C=O) groups is 2. The van der Waals surface area contributed by atoms with Gasteiger partial charge in [0.1, 0.15) is 10.1 Å². The Hall–Kier alpha value is -3.43. The maximum atomic E-state index is 12.8. The van der Waals surface area contributed by atoms with E-state index in [1.807, 2.05) is 35.6 Å². The van der Waals surface area contributed by atoms with Gasteiger partial charge in [-0.3, -0.25) is 9.59 Å². The number of benzene rings is 3. The Bertz CT molecular complexity index is 1540. The molecule has 4 rings (SSSR count). The van der Waals surface area contributed by atoms with Crippen molar-refractivity contribution in [1.29, 1.82) is 0 Å². The van der Waals surface area contributed by atoms with Gasteiger partial charge in [-0.1, -0.05) is 47.7 Å². The summed E-state index contributed by atoms with van der Waals surface area (Å²) in [6.45, 7) is 1.86. The first-order chi connectivity index (χ1) is 18.6. The van der Waals surface area contributed by atoms with Crippen molar-refractivity contribution in [2.24, 2.45) is 10.2 Å². The number of halogens is 1. The van der Waals surface area contributed by atoms with Crippen LogP contribution >= 0.6 is 34.4 Å². The topological polar surface area (TPSA) is 136 Å². The molecule has 0 saturated carbocycles. The van der Waals surface area contributed by atoms with Crippen LogP contribution in [0, 0.1) is 10.5 Å². The molecule has 202 valence electrons. The fraction of sp³-hybridized carbons (Fsp3) is 0.154. The summed E-state index contributed by atoms with van der Waals surface area (Å²) in [5.41, 5.74) is 2.14. The van der Waals surface area contributed by atoms with Gasteiger partial charge in [0.15, 0.2) is 16.7 Å². The minimum Gasteiger partial charge on any atom is -0.493 e. The maximum absolute atomic E-state index is 12.8. The van der Waals surface area contributed by atoms with E-state index in [0.717, 1.165) is 17.3 Å². The minimum absolute atomic E-state index is 0.0174. The number of para-hydroxylation sites is 1. The molecule has 2 N–H and O–H groups in total. The highest BCUT2D eigenvalue weighted by molar-refractivity contribution is 14.1. The predicted octanol–water partition coefficient (Wildman–Crippen LogP) is 4.33. The van der Waals surface area contributed by atoms with Gasteiger partial charge < -0.3 is 19.6 Å². The molecule has 1 heterocycles. The highest BCUT2D eigenvalue weighted by atomic mass is 127. The van der Waals surface area contributed by atoms with Crippen LogP contribution in [0.3, 0.4) is 0 Å². The number of hydrogen-bond acceptors (Lipinski definition) is 9. The molecule has 3 aromatic carbocycles. The van der Waals surface area contributed by atoms with Crippen molar-refractivity contribution in [2.75, 3.05) is 12.4 Å². The molecule has 0 aliphatic carbocycles. The van der Waals surface area contributed by atoms with Gasteiger partial charge in [0.2, 0.25) is 11.8 Å². The van der Waals surface area contributed by atoms with Crippen molar-refractivity contribution >= 4 is 73.4 Å². The highest BCUT2D eigenvalue weighted by Crippen LogP contribution is 2.35. The Morgan fingerprint density at radius 1 is 1.15 bits per heavy atom. The van der Waals surface area contributed by atoms with Crippen LogP contribution in [0.1, 0.15) is 17.5 Å². The van der Waals surface area contributed by atoms with E-state index < -0.39 is 15.4 Å². The smallest absolute Gasteiger partial charge is 0.339 e. The molecular formula is C26H23IN4O6S2. The Morgan fingerprint density at radius 3 is 2.56 bits per heavy atom. The van der Waals surface area contributed by atoms with E-state index >= 15 is 0 Å². The standard InChI is InChI=1S/C26H23IN4O6S2/c1-16-8-10-19(11-9-16)39(34,35)37-24-20(27)12-17(13-21(24)36-2)15-28-31-26-30-25(33)22(38-26)14-23(32)29-18-6-4-3-5-7-18/h3-13,15,22H,14H2,1-2H3,(H,29,32)(H,30,31,33). The normalized spacial score (nSPS) is 16.3. The molecule has 0 bridgehead atoms. The molecular weight excluding hydrogens is 655 g/mol. The second-order valence-electron chi connectivity index (χ2n) is 8.25. The number of thioether (sulfide) groups is 1. The van der Waals surface area contributed by atoms with Crippen LogP contribution in [0.5, 0.6) is 11.5 Å². The molecule has 3 aromatic rings. The Labute approximate surface area is 243 Å². The zero-order valence-corrected chi connectivity index (χ0v) is 24.5. The SMILES string of the molecule is COc1cc(C=N/N=C2\NC(=O)C(CC(=O)Nc3ccccc3)S2)cc(I)c1OS(=O)(=O)c1ccc(C)cc1. The predicted molar refractivity (Wildman–Crippen MR) is 159 cm³/mol. The summed E-state index contributed by atoms with van der Waals surface area (Å²) in [5.74, 6) is -0.367. The van der Waals surface area contributed by atoms with Crippen LogP contribution < -0.4 is 19.6 Å². The van der Waals surface area contributed by atoms with Crippen LogP contribution in [-0.2, 0) is 19.7 Å². The average molecular weight is 679 g/mol. The first-order valence-electron chi connectivity index (χ1n) is 11.5. The summed E-state index contributed by atoms with van der Waals surface area (Å²) in [4.78, 5) is 24.6. The summed E-state index contributed by atoms with van der Waals surface area (Å²) in [5, 5.41) is 13.1. The second kappa shape index (κ2) is 12.6. The van der Waals surface area contributed by atoms with Crippen molar-refractivity contribution in [3.05, 3.63) is 81.4 Å². The molecule has 2 amide bonds. The highest BCUT2D eigenvalue weighted by Gasteiger charge is 2.32. The molecule has 1 atom stereocenters. The van der Waals surface area contributed by atoms with Gasteiger partial charge in [0.05, 0.1) is 16.9 Å². The lowest BCUT2D eigenvalue weighted by molar-refractivity contribution is -0.122. The number of aryl methyl sites for hydroxylation is 1. The van der Waals surface area contributed by atoms with Crippen LogP contribution in [0.25, 0.3) is 0 Å². The van der Waals surface area contributed by atoms with Crippen LogP contribution in [-0.4, -0.2) is 44.0 Å². The summed E-state index contributed by atoms with van der Waals surface area (Å²) in [6, 6.07) is 18.5. The summed E-state index contributed by atoms with van der Waals surface area (Å²) in [7, 11) is -2.68. The van der Waals surface area contributed by atoms with E-state index in [4.69, 9.17) is 8.92 Å². The molecule has 1 saturated heterocycles. The molecule has 0 spiro atoms. The van der Waals surface area contributed by atoms with Gasteiger partial charge in [-0.15, -0.1) is 5.10 Å². The number of rotatable bonds is 9. The molecule has 1 aliphatic heterocycles. The van der Waals surface area contributed by atoms with Crippen molar-refractivity contribution in [2.45, 2.75) is 23.5 Å². The van der Waals surface area contributed by atoms with Crippen LogP contribution in [0.15, 0.2) is 81.8 Å². The zero-order valence-electron chi connectivity index (χ0n) is 20.8. The first-order valence-corrected chi connectivity index (χ1v) is 14.8. The largest absolute Gasteiger partial charge is 0.493 e. The fourth-order valence-corrected chi connectivity index (χ4v) is 6.16. The number of methoxy groups -OCH3 is 1. The molecule has 13 heteroatoms. The van der Waals surface area contributed by atoms with E-state index in [1.165, 1.54) is 25.5 Å². The number of ether oxygens (including phenoxy) is 1. The lowest BCUT2D eigenvalue weighted by Gasteiger charge is -2.13. The zero-order chi connectivity index (χ0) is 28.0. The molecule has 10 nitrogen and oxygen atoms in total. The molecule has 39 heavy (non-hydrogen) atoms. The number of hydrogen-bond donors (Lipinski definition) is 2. The molecule has 0 radical (unpaired) electrons. The summed E-state index contributed by atoms with van der Waals surface area (Å²) >= 11 is 3.06. The van der Waals surface area contributed by atoms with Crippen molar-refractivity contribution in [1.82, 2.24) is 5.32 Å². The lowest BCUT2D eigenvalue weighted by Crippen LogP contribution is -2.28. The average Bonchev–Trinajstić information content (AvgIpc) is 3.24. The fourth-order valence-electron chi connectivity index (χ4n) is 3.39. The van der Waals surface area contributed by atoms with Crippen LogP contribution in [0.2, 0.25) is 0 Å². The molecule has 1 aliphatic rings. The van der Waals surface area contributed by atoms with Crippen molar-refractivity contribution < 1.29 is 26.9 Å². The summed E-state index contributed by atoms with van der Waals surface area (Å²) < 4.78 is 36.8. The van der Waals surface area contributed by atoms with Gasteiger partial charge in [0, 0.05) is 12.1 Å². The number of nitrogens with one attached hydrogen (secondary N) is 2. The van der Waals surface area contributed by atoms with Gasteiger partial charge >= 0.3 is 10.1 Å². The van der Waals surface area contributed by atoms with E-state index in [2.05, 4.69) is 20.8 Å². The first kappa shape index (κ1) is 28.6. The minimum atomic E-state index is -4.07. The van der Waals surface area contributed by atoms with Crippen molar-refractivity contribution in [3.8, 4) is 11.5 Å². The number of amidine groups is 1. The quantitative estimate of drug-likeness (QED) is 0.149. The Morgan fingerprint density at radius 2 is 1.87 bits per heavy atom. The third-order valence-corrected chi connectivity index (χ3v) is 8.42. The Balaban J connectivity index is 1.42. The molecule has 0 aromatic heterocycles. The van der Waals surface area contributed by atoms with E-state index in [1.54, 1.807) is 48.5 Å². The van der Waals surface area contributed by atoms with E-state index in [-0.39, 0.29) is 39.8 Å². The number of anilines is 1.